The van der Waals surface area contributed by atoms with Gasteiger partial charge in [0, 0.05) is 24.2 Å². The van der Waals surface area contributed by atoms with E-state index in [0.717, 1.165) is 0 Å². The van der Waals surface area contributed by atoms with Crippen molar-refractivity contribution in [2.45, 2.75) is 16.7 Å². The summed E-state index contributed by atoms with van der Waals surface area (Å²) in [5.74, 6) is -0.125. The van der Waals surface area contributed by atoms with E-state index in [0.29, 0.717) is 69.1 Å². The molecule has 188 valence electrons. The molecular formula is C26H18F2N8S2. The van der Waals surface area contributed by atoms with Gasteiger partial charge in [-0.1, -0.05) is 47.8 Å². The maximum absolute atomic E-state index is 14.0. The smallest absolute Gasteiger partial charge is 0.190 e. The Kier molecular flexibility index (Phi) is 7.63. The van der Waals surface area contributed by atoms with Crippen molar-refractivity contribution < 1.29 is 8.78 Å². The minimum absolute atomic E-state index is 0.229. The lowest BCUT2D eigenvalue weighted by Crippen LogP contribution is -2.14. The summed E-state index contributed by atoms with van der Waals surface area (Å²) in [6, 6.07) is 16.2. The van der Waals surface area contributed by atoms with Gasteiger partial charge in [-0.3, -0.25) is 0 Å². The van der Waals surface area contributed by atoms with E-state index in [4.69, 9.17) is 0 Å². The number of anilines is 2. The second kappa shape index (κ2) is 11.4. The molecule has 0 fully saturated rings. The first kappa shape index (κ1) is 25.4. The van der Waals surface area contributed by atoms with Gasteiger partial charge in [-0.05, 0) is 30.7 Å². The summed E-state index contributed by atoms with van der Waals surface area (Å²) in [5, 5.41) is 27.3. The molecule has 2 aromatic carbocycles. The number of nitrogens with zero attached hydrogens (tertiary/aromatic N) is 6. The number of nitriles is 2. The number of hydrogen-bond donors (Lipinski definition) is 2. The summed E-state index contributed by atoms with van der Waals surface area (Å²) < 4.78 is 27.9. The van der Waals surface area contributed by atoms with Gasteiger partial charge in [0.15, 0.2) is 10.3 Å². The molecule has 0 radical (unpaired) electrons. The lowest BCUT2D eigenvalue weighted by molar-refractivity contribution is 0.628. The van der Waals surface area contributed by atoms with E-state index >= 15 is 0 Å². The molecule has 12 heteroatoms. The third-order valence-corrected chi connectivity index (χ3v) is 7.34. The SMILES string of the molecule is N#Cc1c2nc(nc1-c1cccc(F)c1)SCSc1nc(c(C#N)c(-c3cccc(F)c3)n1)NCCCN2. The molecule has 1 aliphatic heterocycles. The maximum atomic E-state index is 14.0. The number of rotatable bonds is 2. The van der Waals surface area contributed by atoms with Crippen LogP contribution in [-0.2, 0) is 0 Å². The van der Waals surface area contributed by atoms with Crippen molar-refractivity contribution in [2.24, 2.45) is 0 Å². The largest absolute Gasteiger partial charge is 0.369 e. The normalized spacial score (nSPS) is 13.3. The minimum atomic E-state index is -0.430. The van der Waals surface area contributed by atoms with E-state index in [9.17, 15) is 19.3 Å². The van der Waals surface area contributed by atoms with E-state index in [1.165, 1.54) is 47.8 Å². The second-order valence-corrected chi connectivity index (χ2v) is 10.3. The van der Waals surface area contributed by atoms with Crippen LogP contribution in [0.4, 0.5) is 20.4 Å². The molecule has 2 N–H and O–H groups in total. The molecule has 0 saturated heterocycles. The predicted molar refractivity (Wildman–Crippen MR) is 142 cm³/mol. The molecule has 0 saturated carbocycles. The molecular weight excluding hydrogens is 526 g/mol. The van der Waals surface area contributed by atoms with Crippen LogP contribution in [0.25, 0.3) is 22.5 Å². The Balaban J connectivity index is 1.53. The zero-order valence-electron chi connectivity index (χ0n) is 19.7. The fraction of sp³-hybridized carbons (Fsp3) is 0.154. The van der Waals surface area contributed by atoms with Crippen molar-refractivity contribution in [1.29, 1.82) is 10.5 Å². The lowest BCUT2D eigenvalue weighted by Gasteiger charge is -2.15. The molecule has 0 amide bonds. The van der Waals surface area contributed by atoms with Crippen LogP contribution in [0.1, 0.15) is 17.5 Å². The van der Waals surface area contributed by atoms with Gasteiger partial charge in [0.05, 0.1) is 16.5 Å². The Hall–Kier alpha value is -4.26. The van der Waals surface area contributed by atoms with E-state index in [1.54, 1.807) is 24.3 Å². The summed E-state index contributed by atoms with van der Waals surface area (Å²) in [4.78, 5) is 18.2. The Morgan fingerprint density at radius 3 is 1.61 bits per heavy atom. The van der Waals surface area contributed by atoms with E-state index in [1.807, 2.05) is 0 Å². The standard InChI is InChI=1S/C26H18F2N8S2/c27-17-6-1-4-15(10-17)21-19(12-29)23-31-8-3-9-32-24-20(13-30)22(16-5-2-7-18(28)11-16)34-26(36-24)38-14-37-25(33-21)35-23/h1-2,4-7,10-11H,3,8-9,14H2,(H,31,33,35)(H,32,34,36). The van der Waals surface area contributed by atoms with Crippen LogP contribution < -0.4 is 10.6 Å². The molecule has 0 atom stereocenters. The summed E-state index contributed by atoms with van der Waals surface area (Å²) in [7, 11) is 0. The average Bonchev–Trinajstić information content (AvgIpc) is 2.92. The van der Waals surface area contributed by atoms with E-state index < -0.39 is 11.6 Å². The van der Waals surface area contributed by atoms with Crippen LogP contribution in [0.15, 0.2) is 58.8 Å². The summed E-state index contributed by atoms with van der Waals surface area (Å²) >= 11 is 2.61. The minimum Gasteiger partial charge on any atom is -0.369 e. The second-order valence-electron chi connectivity index (χ2n) is 8.01. The van der Waals surface area contributed by atoms with E-state index in [2.05, 4.69) is 42.7 Å². The molecule has 2 aromatic heterocycles. The topological polar surface area (TPSA) is 123 Å². The average molecular weight is 545 g/mol. The Bertz CT molecular complexity index is 1480. The highest BCUT2D eigenvalue weighted by atomic mass is 32.2. The van der Waals surface area contributed by atoms with Gasteiger partial charge in [0.25, 0.3) is 0 Å². The maximum Gasteiger partial charge on any atom is 0.190 e. The number of thioether (sulfide) groups is 2. The number of nitrogens with one attached hydrogen (secondary N) is 2. The molecule has 38 heavy (non-hydrogen) atoms. The molecule has 5 rings (SSSR count). The molecule has 0 unspecified atom stereocenters. The number of halogens is 2. The monoisotopic (exact) mass is 544 g/mol. The van der Waals surface area contributed by atoms with Crippen LogP contribution in [0.5, 0.6) is 0 Å². The van der Waals surface area contributed by atoms with Gasteiger partial charge >= 0.3 is 0 Å². The number of aromatic nitrogens is 4. The van der Waals surface area contributed by atoms with Crippen LogP contribution in [-0.4, -0.2) is 38.1 Å². The quantitative estimate of drug-likeness (QED) is 0.304. The third-order valence-electron chi connectivity index (χ3n) is 5.51. The first-order valence-electron chi connectivity index (χ1n) is 11.4. The highest BCUT2D eigenvalue weighted by molar-refractivity contribution is 8.15. The summed E-state index contributed by atoms with van der Waals surface area (Å²) in [5.41, 5.74) is 2.09. The number of hydrogen-bond acceptors (Lipinski definition) is 10. The molecule has 1 aliphatic rings. The van der Waals surface area contributed by atoms with Crippen LogP contribution in [0, 0.1) is 34.3 Å². The number of benzene rings is 2. The van der Waals surface area contributed by atoms with Crippen molar-refractivity contribution >= 4 is 35.2 Å². The molecule has 0 aliphatic carbocycles. The highest BCUT2D eigenvalue weighted by Gasteiger charge is 2.20. The fourth-order valence-corrected chi connectivity index (χ4v) is 5.51. The van der Waals surface area contributed by atoms with Crippen molar-refractivity contribution in [1.82, 2.24) is 19.9 Å². The van der Waals surface area contributed by atoms with Gasteiger partial charge in [0.2, 0.25) is 0 Å². The molecule has 4 bridgehead atoms. The first-order chi connectivity index (χ1) is 18.6. The Morgan fingerprint density at radius 1 is 0.711 bits per heavy atom. The van der Waals surface area contributed by atoms with Crippen LogP contribution in [0.3, 0.4) is 0 Å². The molecule has 0 spiro atoms. The van der Waals surface area contributed by atoms with Crippen molar-refractivity contribution in [2.75, 3.05) is 28.8 Å². The molecule has 8 nitrogen and oxygen atoms in total. The zero-order chi connectivity index (χ0) is 26.5. The zero-order valence-corrected chi connectivity index (χ0v) is 21.3. The highest BCUT2D eigenvalue weighted by Crippen LogP contribution is 2.34. The van der Waals surface area contributed by atoms with Crippen LogP contribution in [0.2, 0.25) is 0 Å². The van der Waals surface area contributed by atoms with Crippen molar-refractivity contribution in [3.8, 4) is 34.7 Å². The predicted octanol–water partition coefficient (Wildman–Crippen LogP) is 5.69. The summed E-state index contributed by atoms with van der Waals surface area (Å²) in [6.45, 7) is 0.910. The molecule has 4 aromatic rings. The van der Waals surface area contributed by atoms with Crippen molar-refractivity contribution in [3.05, 3.63) is 71.3 Å². The fourth-order valence-electron chi connectivity index (χ4n) is 3.80. The van der Waals surface area contributed by atoms with Crippen LogP contribution >= 0.6 is 23.5 Å². The van der Waals surface area contributed by atoms with Gasteiger partial charge in [-0.15, -0.1) is 0 Å². The van der Waals surface area contributed by atoms with Gasteiger partial charge in [-0.25, -0.2) is 28.7 Å². The Labute approximate surface area is 225 Å². The summed E-state index contributed by atoms with van der Waals surface area (Å²) in [6.07, 6.45) is 0.597. The van der Waals surface area contributed by atoms with Gasteiger partial charge in [-0.2, -0.15) is 10.5 Å². The Morgan fingerprint density at radius 2 is 1.18 bits per heavy atom. The first-order valence-corrected chi connectivity index (χ1v) is 13.4. The lowest BCUT2D eigenvalue weighted by atomic mass is 10.1. The number of fused-ring (bicyclic) bond motifs is 4. The third kappa shape index (κ3) is 5.52. The van der Waals surface area contributed by atoms with Crippen molar-refractivity contribution in [3.63, 3.8) is 0 Å². The van der Waals surface area contributed by atoms with Gasteiger partial charge < -0.3 is 10.6 Å². The van der Waals surface area contributed by atoms with E-state index in [-0.39, 0.29) is 11.1 Å². The molecule has 3 heterocycles. The van der Waals surface area contributed by atoms with Gasteiger partial charge in [0.1, 0.15) is 46.5 Å².